The number of aryl methyl sites for hydroxylation is 2. The van der Waals surface area contributed by atoms with E-state index in [-0.39, 0.29) is 35.7 Å². The third-order valence-electron chi connectivity index (χ3n) is 7.49. The third-order valence-corrected chi connectivity index (χ3v) is 7.49. The third kappa shape index (κ3) is 6.11. The molecule has 0 aromatic heterocycles. The van der Waals surface area contributed by atoms with Crippen LogP contribution < -0.4 is 10.6 Å². The summed E-state index contributed by atoms with van der Waals surface area (Å²) in [6.07, 6.45) is 6.30. The van der Waals surface area contributed by atoms with Crippen LogP contribution in [0, 0.1) is 12.8 Å². The van der Waals surface area contributed by atoms with Crippen molar-refractivity contribution in [3.05, 3.63) is 70.8 Å². The molecular weight excluding hydrogens is 438 g/mol. The first-order chi connectivity index (χ1) is 17.0. The molecule has 35 heavy (non-hydrogen) atoms. The molecule has 0 radical (unpaired) electrons. The Bertz CT molecular complexity index is 1050. The van der Waals surface area contributed by atoms with Gasteiger partial charge in [-0.15, -0.1) is 0 Å². The van der Waals surface area contributed by atoms with Gasteiger partial charge in [0.2, 0.25) is 5.91 Å². The van der Waals surface area contributed by atoms with Crippen molar-refractivity contribution in [3.63, 3.8) is 0 Å². The minimum absolute atomic E-state index is 0.00816. The van der Waals surface area contributed by atoms with Gasteiger partial charge in [-0.05, 0) is 68.4 Å². The molecule has 0 spiro atoms. The highest BCUT2D eigenvalue weighted by atomic mass is 16.2. The zero-order valence-corrected chi connectivity index (χ0v) is 20.9. The molecule has 1 aliphatic heterocycles. The second-order valence-corrected chi connectivity index (χ2v) is 9.94. The molecule has 2 N–H and O–H groups in total. The fraction of sp³-hybridized carbons (Fsp3) is 0.483. The van der Waals surface area contributed by atoms with E-state index >= 15 is 0 Å². The summed E-state index contributed by atoms with van der Waals surface area (Å²) in [5.74, 6) is -0.327. The van der Waals surface area contributed by atoms with Gasteiger partial charge in [-0.25, -0.2) is 0 Å². The number of nitrogens with zero attached hydrogens (tertiary/aromatic N) is 1. The Labute approximate surface area is 208 Å². The average Bonchev–Trinajstić information content (AvgIpc) is 2.89. The van der Waals surface area contributed by atoms with Gasteiger partial charge in [-0.2, -0.15) is 0 Å². The number of carbonyl (C=O) groups is 3. The van der Waals surface area contributed by atoms with Crippen molar-refractivity contribution in [1.29, 1.82) is 0 Å². The van der Waals surface area contributed by atoms with Gasteiger partial charge < -0.3 is 15.5 Å². The van der Waals surface area contributed by atoms with Gasteiger partial charge in [0.1, 0.15) is 0 Å². The smallest absolute Gasteiger partial charge is 0.253 e. The van der Waals surface area contributed by atoms with Gasteiger partial charge in [0.25, 0.3) is 11.8 Å². The molecule has 1 saturated heterocycles. The van der Waals surface area contributed by atoms with Gasteiger partial charge in [-0.3, -0.25) is 14.4 Å². The summed E-state index contributed by atoms with van der Waals surface area (Å²) >= 11 is 0. The lowest BCUT2D eigenvalue weighted by Gasteiger charge is -2.36. The Balaban J connectivity index is 1.36. The maximum Gasteiger partial charge on any atom is 0.253 e. The Hall–Kier alpha value is -3.15. The predicted octanol–water partition coefficient (Wildman–Crippen LogP) is 4.27. The summed E-state index contributed by atoms with van der Waals surface area (Å²) in [5.41, 5.74) is 3.50. The van der Waals surface area contributed by atoms with Crippen LogP contribution in [0.3, 0.4) is 0 Å². The van der Waals surface area contributed by atoms with Crippen LogP contribution in [-0.4, -0.2) is 47.8 Å². The number of amides is 3. The SMILES string of the molecule is CCc1ccc(C(=O)N2CCC[C@@H](C(=O)N[C@@H]3CCCC[C@H]3NC(=O)c3ccccc3C)C2)cc1. The predicted molar refractivity (Wildman–Crippen MR) is 137 cm³/mol. The highest BCUT2D eigenvalue weighted by Gasteiger charge is 2.33. The summed E-state index contributed by atoms with van der Waals surface area (Å²) in [5, 5.41) is 6.41. The van der Waals surface area contributed by atoms with Crippen molar-refractivity contribution in [2.24, 2.45) is 5.92 Å². The molecule has 3 amide bonds. The summed E-state index contributed by atoms with van der Waals surface area (Å²) < 4.78 is 0. The van der Waals surface area contributed by atoms with E-state index in [0.717, 1.165) is 50.5 Å². The highest BCUT2D eigenvalue weighted by Crippen LogP contribution is 2.23. The summed E-state index contributed by atoms with van der Waals surface area (Å²) in [6, 6.07) is 15.2. The Morgan fingerprint density at radius 3 is 2.26 bits per heavy atom. The average molecular weight is 476 g/mol. The zero-order valence-electron chi connectivity index (χ0n) is 20.9. The van der Waals surface area contributed by atoms with Crippen LogP contribution in [0.15, 0.2) is 48.5 Å². The second-order valence-electron chi connectivity index (χ2n) is 9.94. The fourth-order valence-corrected chi connectivity index (χ4v) is 5.29. The topological polar surface area (TPSA) is 78.5 Å². The van der Waals surface area contributed by atoms with Crippen molar-refractivity contribution in [3.8, 4) is 0 Å². The van der Waals surface area contributed by atoms with E-state index in [2.05, 4.69) is 17.6 Å². The number of likely N-dealkylation sites (tertiary alicyclic amines) is 1. The standard InChI is InChI=1S/C29H37N3O3/c1-3-21-14-16-22(17-15-21)29(35)32-18-8-10-23(19-32)27(33)30-25-12-6-7-13-26(25)31-28(34)24-11-5-4-9-20(24)2/h4-5,9,11,14-17,23,25-26H,3,6-8,10,12-13,18-19H2,1-2H3,(H,30,33)(H,31,34)/t23-,25-,26-/m1/s1. The molecule has 2 aromatic carbocycles. The maximum atomic E-state index is 13.2. The van der Waals surface area contributed by atoms with Crippen molar-refractivity contribution < 1.29 is 14.4 Å². The van der Waals surface area contributed by atoms with Gasteiger partial charge in [0.05, 0.1) is 5.92 Å². The molecule has 3 atom stereocenters. The molecule has 1 heterocycles. The van der Waals surface area contributed by atoms with Gasteiger partial charge in [0, 0.05) is 36.3 Å². The van der Waals surface area contributed by atoms with Crippen LogP contribution >= 0.6 is 0 Å². The largest absolute Gasteiger partial charge is 0.351 e. The van der Waals surface area contributed by atoms with Gasteiger partial charge >= 0.3 is 0 Å². The van der Waals surface area contributed by atoms with E-state index in [1.54, 1.807) is 0 Å². The molecule has 2 fully saturated rings. The number of rotatable bonds is 6. The lowest BCUT2D eigenvalue weighted by atomic mass is 9.88. The molecule has 186 valence electrons. The lowest BCUT2D eigenvalue weighted by molar-refractivity contribution is -0.127. The number of hydrogen-bond donors (Lipinski definition) is 2. The molecule has 2 aromatic rings. The van der Waals surface area contributed by atoms with Crippen LogP contribution in [0.4, 0.5) is 0 Å². The first-order valence-electron chi connectivity index (χ1n) is 13.0. The molecule has 1 aliphatic carbocycles. The summed E-state index contributed by atoms with van der Waals surface area (Å²) in [7, 11) is 0. The van der Waals surface area contributed by atoms with E-state index in [9.17, 15) is 14.4 Å². The molecule has 0 bridgehead atoms. The lowest BCUT2D eigenvalue weighted by Crippen LogP contribution is -2.55. The molecular formula is C29H37N3O3. The molecule has 2 aliphatic rings. The normalized spacial score (nSPS) is 22.3. The van der Waals surface area contributed by atoms with E-state index in [1.807, 2.05) is 60.4 Å². The number of benzene rings is 2. The number of carbonyl (C=O) groups excluding carboxylic acids is 3. The number of hydrogen-bond acceptors (Lipinski definition) is 3. The first-order valence-corrected chi connectivity index (χ1v) is 13.0. The minimum Gasteiger partial charge on any atom is -0.351 e. The highest BCUT2D eigenvalue weighted by molar-refractivity contribution is 5.96. The van der Waals surface area contributed by atoms with Crippen molar-refractivity contribution in [2.75, 3.05) is 13.1 Å². The zero-order chi connectivity index (χ0) is 24.8. The van der Waals surface area contributed by atoms with Crippen molar-refractivity contribution in [1.82, 2.24) is 15.5 Å². The molecule has 0 unspecified atom stereocenters. The fourth-order valence-electron chi connectivity index (χ4n) is 5.29. The van der Waals surface area contributed by atoms with E-state index in [1.165, 1.54) is 5.56 Å². The maximum absolute atomic E-state index is 13.2. The van der Waals surface area contributed by atoms with E-state index in [0.29, 0.717) is 24.2 Å². The van der Waals surface area contributed by atoms with Crippen molar-refractivity contribution in [2.45, 2.75) is 70.9 Å². The Morgan fingerprint density at radius 1 is 0.886 bits per heavy atom. The molecule has 4 rings (SSSR count). The monoisotopic (exact) mass is 475 g/mol. The van der Waals surface area contributed by atoms with Crippen molar-refractivity contribution >= 4 is 17.7 Å². The number of piperidine rings is 1. The molecule has 6 heteroatoms. The van der Waals surface area contributed by atoms with Crippen LogP contribution in [0.1, 0.15) is 77.3 Å². The minimum atomic E-state index is -0.225. The van der Waals surface area contributed by atoms with Crippen LogP contribution in [0.2, 0.25) is 0 Å². The van der Waals surface area contributed by atoms with E-state index in [4.69, 9.17) is 0 Å². The van der Waals surface area contributed by atoms with Crippen LogP contribution in [0.5, 0.6) is 0 Å². The van der Waals surface area contributed by atoms with Crippen LogP contribution in [-0.2, 0) is 11.2 Å². The number of nitrogens with one attached hydrogen (secondary N) is 2. The van der Waals surface area contributed by atoms with Gasteiger partial charge in [-0.1, -0.05) is 50.1 Å². The quantitative estimate of drug-likeness (QED) is 0.655. The Morgan fingerprint density at radius 2 is 1.57 bits per heavy atom. The van der Waals surface area contributed by atoms with Gasteiger partial charge in [0.15, 0.2) is 0 Å². The summed E-state index contributed by atoms with van der Waals surface area (Å²) in [6.45, 7) is 5.14. The second kappa shape index (κ2) is 11.5. The molecule has 1 saturated carbocycles. The van der Waals surface area contributed by atoms with E-state index < -0.39 is 0 Å². The first kappa shape index (κ1) is 25.0. The molecule has 6 nitrogen and oxygen atoms in total. The van der Waals surface area contributed by atoms with Crippen LogP contribution in [0.25, 0.3) is 0 Å². The Kier molecular flexibility index (Phi) is 8.21. The summed E-state index contributed by atoms with van der Waals surface area (Å²) in [4.78, 5) is 41.0.